The zero-order valence-corrected chi connectivity index (χ0v) is 7.55. The minimum absolute atomic E-state index is 0.367. The van der Waals surface area contributed by atoms with E-state index in [1.165, 1.54) is 0 Å². The Bertz CT molecular complexity index is 131. The fourth-order valence-electron chi connectivity index (χ4n) is 0.830. The summed E-state index contributed by atoms with van der Waals surface area (Å²) in [6.45, 7) is 2.00. The lowest BCUT2D eigenvalue weighted by molar-refractivity contribution is 0.0595. The van der Waals surface area contributed by atoms with Crippen LogP contribution in [0.1, 0.15) is 12.8 Å². The van der Waals surface area contributed by atoms with Crippen LogP contribution in [0, 0.1) is 12.3 Å². The van der Waals surface area contributed by atoms with E-state index < -0.39 is 0 Å². The van der Waals surface area contributed by atoms with E-state index in [0.717, 1.165) is 19.5 Å². The van der Waals surface area contributed by atoms with Gasteiger partial charge in [-0.1, -0.05) is 0 Å². The van der Waals surface area contributed by atoms with Crippen molar-refractivity contribution in [3.05, 3.63) is 0 Å². The highest BCUT2D eigenvalue weighted by Gasteiger charge is 2.00. The maximum Gasteiger partial charge on any atom is 0.0785 e. The second-order valence-electron chi connectivity index (χ2n) is 2.60. The molecule has 0 aromatic heterocycles. The smallest absolute Gasteiger partial charge is 0.0785 e. The molecule has 0 bridgehead atoms. The summed E-state index contributed by atoms with van der Waals surface area (Å²) in [7, 11) is 1.58. The number of hydrogen-bond donors (Lipinski definition) is 2. The molecule has 0 saturated carbocycles. The number of nitrogens with one attached hydrogen (secondary N) is 1. The van der Waals surface area contributed by atoms with Gasteiger partial charge in [-0.15, -0.1) is 12.3 Å². The molecule has 0 spiro atoms. The van der Waals surface area contributed by atoms with Gasteiger partial charge >= 0.3 is 0 Å². The van der Waals surface area contributed by atoms with Gasteiger partial charge in [0, 0.05) is 20.1 Å². The van der Waals surface area contributed by atoms with Crippen LogP contribution in [0.4, 0.5) is 0 Å². The highest BCUT2D eigenvalue weighted by Crippen LogP contribution is 1.89. The van der Waals surface area contributed by atoms with Crippen LogP contribution in [0.3, 0.4) is 0 Å². The van der Waals surface area contributed by atoms with Gasteiger partial charge in [-0.25, -0.2) is 0 Å². The topological polar surface area (TPSA) is 41.5 Å². The Morgan fingerprint density at radius 1 is 1.58 bits per heavy atom. The van der Waals surface area contributed by atoms with Crippen molar-refractivity contribution in [2.75, 3.05) is 26.8 Å². The van der Waals surface area contributed by atoms with Crippen LogP contribution >= 0.6 is 0 Å². The molecule has 0 saturated heterocycles. The lowest BCUT2D eigenvalue weighted by Gasteiger charge is -2.08. The molecule has 2 N–H and O–H groups in total. The molecular weight excluding hydrogens is 154 g/mol. The fraction of sp³-hybridized carbons (Fsp3) is 0.778. The summed E-state index contributed by atoms with van der Waals surface area (Å²) in [5.41, 5.74) is 0. The van der Waals surface area contributed by atoms with E-state index >= 15 is 0 Å². The molecule has 0 aromatic carbocycles. The molecule has 3 heteroatoms. The minimum Gasteiger partial charge on any atom is -0.391 e. The average molecular weight is 171 g/mol. The first-order chi connectivity index (χ1) is 5.81. The molecule has 0 aliphatic carbocycles. The van der Waals surface area contributed by atoms with Crippen LogP contribution in [0.15, 0.2) is 0 Å². The third kappa shape index (κ3) is 7.55. The zero-order valence-electron chi connectivity index (χ0n) is 7.55. The Morgan fingerprint density at radius 2 is 2.33 bits per heavy atom. The predicted octanol–water partition coefficient (Wildman–Crippen LogP) is -0.00330. The lowest BCUT2D eigenvalue weighted by Crippen LogP contribution is -2.23. The molecule has 0 aliphatic rings. The standard InChI is InChI=1S/C9H17NO2/c1-3-4-6-10-7-5-9(11)8-12-2/h1,9-11H,4-8H2,2H3. The maximum atomic E-state index is 9.20. The van der Waals surface area contributed by atoms with Crippen LogP contribution in [0.25, 0.3) is 0 Å². The van der Waals surface area contributed by atoms with Gasteiger partial charge < -0.3 is 15.2 Å². The Morgan fingerprint density at radius 3 is 2.92 bits per heavy atom. The van der Waals surface area contributed by atoms with Crippen molar-refractivity contribution in [1.29, 1.82) is 0 Å². The third-order valence-corrected chi connectivity index (χ3v) is 1.46. The molecule has 12 heavy (non-hydrogen) atoms. The van der Waals surface area contributed by atoms with E-state index in [9.17, 15) is 5.11 Å². The second kappa shape index (κ2) is 8.54. The number of terminal acetylenes is 1. The van der Waals surface area contributed by atoms with E-state index in [1.807, 2.05) is 0 Å². The molecule has 0 aliphatic heterocycles. The molecule has 0 heterocycles. The molecule has 0 radical (unpaired) electrons. The summed E-state index contributed by atoms with van der Waals surface area (Å²) in [6, 6.07) is 0. The summed E-state index contributed by atoms with van der Waals surface area (Å²) in [5, 5.41) is 12.3. The number of methoxy groups -OCH3 is 1. The van der Waals surface area contributed by atoms with Gasteiger partial charge in [0.05, 0.1) is 12.7 Å². The number of aliphatic hydroxyl groups is 1. The highest BCUT2D eigenvalue weighted by atomic mass is 16.5. The normalized spacial score (nSPS) is 12.4. The summed E-state index contributed by atoms with van der Waals surface area (Å²) in [6.07, 6.45) is 6.13. The van der Waals surface area contributed by atoms with Gasteiger partial charge in [0.1, 0.15) is 0 Å². The number of hydrogen-bond acceptors (Lipinski definition) is 3. The number of aliphatic hydroxyl groups excluding tert-OH is 1. The Balaban J connectivity index is 3.04. The average Bonchev–Trinajstić information content (AvgIpc) is 2.05. The molecule has 0 rings (SSSR count). The van der Waals surface area contributed by atoms with Crippen LogP contribution in [-0.2, 0) is 4.74 Å². The van der Waals surface area contributed by atoms with Gasteiger partial charge in [0.2, 0.25) is 0 Å². The third-order valence-electron chi connectivity index (χ3n) is 1.46. The molecule has 70 valence electrons. The SMILES string of the molecule is C#CCCNCCC(O)COC. The van der Waals surface area contributed by atoms with Crippen molar-refractivity contribution in [2.24, 2.45) is 0 Å². The second-order valence-corrected chi connectivity index (χ2v) is 2.60. The van der Waals surface area contributed by atoms with Gasteiger partial charge in [0.25, 0.3) is 0 Å². The first-order valence-corrected chi connectivity index (χ1v) is 4.12. The van der Waals surface area contributed by atoms with Crippen molar-refractivity contribution in [3.8, 4) is 12.3 Å². The van der Waals surface area contributed by atoms with Gasteiger partial charge in [-0.3, -0.25) is 0 Å². The maximum absolute atomic E-state index is 9.20. The highest BCUT2D eigenvalue weighted by molar-refractivity contribution is 4.83. The summed E-state index contributed by atoms with van der Waals surface area (Å²) in [4.78, 5) is 0. The molecule has 1 atom stereocenters. The van der Waals surface area contributed by atoms with Crippen molar-refractivity contribution in [1.82, 2.24) is 5.32 Å². The van der Waals surface area contributed by atoms with Crippen molar-refractivity contribution >= 4 is 0 Å². The van der Waals surface area contributed by atoms with Gasteiger partial charge in [-0.2, -0.15) is 0 Å². The van der Waals surface area contributed by atoms with E-state index in [1.54, 1.807) is 7.11 Å². The molecule has 0 fully saturated rings. The van der Waals surface area contributed by atoms with Crippen LogP contribution < -0.4 is 5.32 Å². The molecule has 0 aromatic rings. The largest absolute Gasteiger partial charge is 0.391 e. The van der Waals surface area contributed by atoms with E-state index in [2.05, 4.69) is 11.2 Å². The Kier molecular flexibility index (Phi) is 8.14. The molecule has 3 nitrogen and oxygen atoms in total. The Labute approximate surface area is 74.1 Å². The summed E-state index contributed by atoms with van der Waals surface area (Å²) >= 11 is 0. The van der Waals surface area contributed by atoms with Crippen molar-refractivity contribution in [3.63, 3.8) is 0 Å². The molecule has 1 unspecified atom stereocenters. The van der Waals surface area contributed by atoms with E-state index in [-0.39, 0.29) is 6.10 Å². The van der Waals surface area contributed by atoms with E-state index in [4.69, 9.17) is 11.2 Å². The lowest BCUT2D eigenvalue weighted by atomic mass is 10.2. The number of ether oxygens (including phenoxy) is 1. The van der Waals surface area contributed by atoms with Crippen LogP contribution in [0.5, 0.6) is 0 Å². The fourth-order valence-corrected chi connectivity index (χ4v) is 0.830. The van der Waals surface area contributed by atoms with Crippen molar-refractivity contribution < 1.29 is 9.84 Å². The van der Waals surface area contributed by atoms with Crippen LogP contribution in [-0.4, -0.2) is 38.0 Å². The summed E-state index contributed by atoms with van der Waals surface area (Å²) in [5.74, 6) is 2.53. The van der Waals surface area contributed by atoms with E-state index in [0.29, 0.717) is 13.0 Å². The van der Waals surface area contributed by atoms with Gasteiger partial charge in [-0.05, 0) is 13.0 Å². The number of rotatable bonds is 7. The Hall–Kier alpha value is -0.560. The first kappa shape index (κ1) is 11.4. The van der Waals surface area contributed by atoms with Gasteiger partial charge in [0.15, 0.2) is 0 Å². The minimum atomic E-state index is -0.367. The summed E-state index contributed by atoms with van der Waals surface area (Å²) < 4.78 is 4.77. The molecule has 0 amide bonds. The van der Waals surface area contributed by atoms with Crippen molar-refractivity contribution in [2.45, 2.75) is 18.9 Å². The van der Waals surface area contributed by atoms with Crippen LogP contribution in [0.2, 0.25) is 0 Å². The monoisotopic (exact) mass is 171 g/mol. The predicted molar refractivity (Wildman–Crippen MR) is 48.8 cm³/mol. The quantitative estimate of drug-likeness (QED) is 0.418. The zero-order chi connectivity index (χ0) is 9.23. The molecular formula is C9H17NO2. The first-order valence-electron chi connectivity index (χ1n) is 4.12.